The van der Waals surface area contributed by atoms with Crippen LogP contribution in [0.3, 0.4) is 0 Å². The van der Waals surface area contributed by atoms with Crippen LogP contribution >= 0.6 is 11.3 Å². The van der Waals surface area contributed by atoms with E-state index in [0.29, 0.717) is 6.54 Å². The summed E-state index contributed by atoms with van der Waals surface area (Å²) in [7, 11) is 0. The van der Waals surface area contributed by atoms with Crippen LogP contribution in [-0.2, 0) is 13.1 Å². The minimum atomic E-state index is -0.0810. The minimum absolute atomic E-state index is 0.0810. The molecule has 2 N–H and O–H groups in total. The molecule has 1 aromatic carbocycles. The summed E-state index contributed by atoms with van der Waals surface area (Å²) in [5.74, 6) is 0. The average Bonchev–Trinajstić information content (AvgIpc) is 3.01. The predicted octanol–water partition coefficient (Wildman–Crippen LogP) is 2.92. The first kappa shape index (κ1) is 16.9. The number of nitrogens with one attached hydrogen (secondary N) is 2. The summed E-state index contributed by atoms with van der Waals surface area (Å²) in [4.78, 5) is 19.7. The molecule has 0 bridgehead atoms. The Morgan fingerprint density at radius 3 is 2.71 bits per heavy atom. The number of hydrogen-bond donors (Lipinski definition) is 2. The summed E-state index contributed by atoms with van der Waals surface area (Å²) >= 11 is 1.62. The zero-order valence-electron chi connectivity index (χ0n) is 14.0. The van der Waals surface area contributed by atoms with Crippen molar-refractivity contribution in [2.24, 2.45) is 0 Å². The van der Waals surface area contributed by atoms with Crippen molar-refractivity contribution in [1.82, 2.24) is 20.5 Å². The second kappa shape index (κ2) is 8.26. The molecule has 2 aromatic rings. The van der Waals surface area contributed by atoms with Gasteiger partial charge in [0.1, 0.15) is 0 Å². The van der Waals surface area contributed by atoms with Gasteiger partial charge < -0.3 is 10.6 Å². The molecule has 1 fully saturated rings. The molecule has 3 rings (SSSR count). The van der Waals surface area contributed by atoms with Crippen LogP contribution in [0, 0.1) is 6.92 Å². The maximum atomic E-state index is 12.0. The van der Waals surface area contributed by atoms with Gasteiger partial charge in [-0.05, 0) is 25.3 Å². The molecule has 5 nitrogen and oxygen atoms in total. The van der Waals surface area contributed by atoms with E-state index in [1.54, 1.807) is 11.3 Å². The molecule has 1 aromatic heterocycles. The molecule has 128 valence electrons. The highest BCUT2D eigenvalue weighted by Gasteiger charge is 2.20. The molecule has 0 saturated carbocycles. The van der Waals surface area contributed by atoms with E-state index in [1.807, 2.05) is 19.2 Å². The SMILES string of the molecule is Cc1ncc(CNC(=O)NC2CCN(Cc3ccccc3)CC2)s1. The van der Waals surface area contributed by atoms with Gasteiger partial charge in [0.25, 0.3) is 0 Å². The summed E-state index contributed by atoms with van der Waals surface area (Å²) in [6.07, 6.45) is 3.82. The fourth-order valence-electron chi connectivity index (χ4n) is 2.97. The van der Waals surface area contributed by atoms with Gasteiger partial charge in [-0.3, -0.25) is 4.90 Å². The van der Waals surface area contributed by atoms with E-state index in [9.17, 15) is 4.79 Å². The van der Waals surface area contributed by atoms with E-state index in [4.69, 9.17) is 0 Å². The third-order valence-corrected chi connectivity index (χ3v) is 5.18. The number of nitrogens with zero attached hydrogens (tertiary/aromatic N) is 2. The highest BCUT2D eigenvalue weighted by Crippen LogP contribution is 2.14. The Hall–Kier alpha value is -1.92. The number of benzene rings is 1. The monoisotopic (exact) mass is 344 g/mol. The number of thiazole rings is 1. The van der Waals surface area contributed by atoms with Crippen LogP contribution < -0.4 is 10.6 Å². The zero-order valence-corrected chi connectivity index (χ0v) is 14.8. The van der Waals surface area contributed by atoms with Crippen LogP contribution in [0.2, 0.25) is 0 Å². The Bertz CT molecular complexity index is 650. The standard InChI is InChI=1S/C18H24N4OS/c1-14-19-11-17(24-14)12-20-18(23)21-16-7-9-22(10-8-16)13-15-5-3-2-4-6-15/h2-6,11,16H,7-10,12-13H2,1H3,(H2,20,21,23). The van der Waals surface area contributed by atoms with Crippen molar-refractivity contribution in [3.63, 3.8) is 0 Å². The van der Waals surface area contributed by atoms with Gasteiger partial charge in [-0.1, -0.05) is 30.3 Å². The minimum Gasteiger partial charge on any atom is -0.335 e. The summed E-state index contributed by atoms with van der Waals surface area (Å²) in [6.45, 7) is 5.55. The van der Waals surface area contributed by atoms with Crippen molar-refractivity contribution in [1.29, 1.82) is 0 Å². The largest absolute Gasteiger partial charge is 0.335 e. The van der Waals surface area contributed by atoms with Gasteiger partial charge in [0, 0.05) is 36.8 Å². The maximum absolute atomic E-state index is 12.0. The molecule has 0 radical (unpaired) electrons. The fraction of sp³-hybridized carbons (Fsp3) is 0.444. The number of carbonyl (C=O) groups excluding carboxylic acids is 1. The third kappa shape index (κ3) is 5.04. The molecule has 0 atom stereocenters. The first-order chi connectivity index (χ1) is 11.7. The Morgan fingerprint density at radius 1 is 1.29 bits per heavy atom. The number of amides is 2. The van der Waals surface area contributed by atoms with E-state index < -0.39 is 0 Å². The molecule has 0 spiro atoms. The molecule has 0 aliphatic carbocycles. The van der Waals surface area contributed by atoms with Crippen molar-refractivity contribution in [3.8, 4) is 0 Å². The molecule has 2 heterocycles. The Labute approximate surface area is 147 Å². The van der Waals surface area contributed by atoms with Gasteiger partial charge in [-0.2, -0.15) is 0 Å². The molecule has 2 amide bonds. The smallest absolute Gasteiger partial charge is 0.315 e. The molecule has 1 aliphatic heterocycles. The van der Waals surface area contributed by atoms with Crippen molar-refractivity contribution < 1.29 is 4.79 Å². The number of hydrogen-bond acceptors (Lipinski definition) is 4. The van der Waals surface area contributed by atoms with Gasteiger partial charge in [0.15, 0.2) is 0 Å². The van der Waals surface area contributed by atoms with Crippen LogP contribution in [0.25, 0.3) is 0 Å². The van der Waals surface area contributed by atoms with E-state index in [2.05, 4.69) is 44.8 Å². The lowest BCUT2D eigenvalue weighted by Gasteiger charge is -2.32. The summed E-state index contributed by atoms with van der Waals surface area (Å²) in [5.41, 5.74) is 1.35. The van der Waals surface area contributed by atoms with E-state index in [0.717, 1.165) is 42.4 Å². The highest BCUT2D eigenvalue weighted by atomic mass is 32.1. The number of piperidine rings is 1. The number of rotatable bonds is 5. The molecule has 0 unspecified atom stereocenters. The lowest BCUT2D eigenvalue weighted by Crippen LogP contribution is -2.47. The molecule has 1 saturated heterocycles. The Kier molecular flexibility index (Phi) is 5.82. The number of likely N-dealkylation sites (tertiary alicyclic amines) is 1. The molecule has 6 heteroatoms. The van der Waals surface area contributed by atoms with Crippen LogP contribution in [0.4, 0.5) is 4.79 Å². The predicted molar refractivity (Wildman–Crippen MR) is 97.0 cm³/mol. The first-order valence-electron chi connectivity index (χ1n) is 8.41. The molecule has 24 heavy (non-hydrogen) atoms. The lowest BCUT2D eigenvalue weighted by atomic mass is 10.0. The topological polar surface area (TPSA) is 57.3 Å². The van der Waals surface area contributed by atoms with Gasteiger partial charge in [0.2, 0.25) is 0 Å². The quantitative estimate of drug-likeness (QED) is 0.877. The number of carbonyl (C=O) groups is 1. The van der Waals surface area contributed by atoms with Crippen LogP contribution in [-0.4, -0.2) is 35.0 Å². The van der Waals surface area contributed by atoms with E-state index in [1.165, 1.54) is 5.56 Å². The Balaban J connectivity index is 1.36. The zero-order chi connectivity index (χ0) is 16.8. The molecule has 1 aliphatic rings. The van der Waals surface area contributed by atoms with E-state index >= 15 is 0 Å². The van der Waals surface area contributed by atoms with Gasteiger partial charge >= 0.3 is 6.03 Å². The van der Waals surface area contributed by atoms with Crippen molar-refractivity contribution in [3.05, 3.63) is 52.0 Å². The van der Waals surface area contributed by atoms with Crippen LogP contribution in [0.5, 0.6) is 0 Å². The number of urea groups is 1. The van der Waals surface area contributed by atoms with Crippen molar-refractivity contribution in [2.45, 2.75) is 38.9 Å². The highest BCUT2D eigenvalue weighted by molar-refractivity contribution is 7.11. The second-order valence-electron chi connectivity index (χ2n) is 6.21. The van der Waals surface area contributed by atoms with E-state index in [-0.39, 0.29) is 12.1 Å². The normalized spacial score (nSPS) is 16.0. The second-order valence-corrected chi connectivity index (χ2v) is 7.53. The van der Waals surface area contributed by atoms with Crippen molar-refractivity contribution >= 4 is 17.4 Å². The lowest BCUT2D eigenvalue weighted by molar-refractivity contribution is 0.186. The fourth-order valence-corrected chi connectivity index (χ4v) is 3.70. The average molecular weight is 344 g/mol. The first-order valence-corrected chi connectivity index (χ1v) is 9.22. The summed E-state index contributed by atoms with van der Waals surface area (Å²) < 4.78 is 0. The van der Waals surface area contributed by atoms with Crippen LogP contribution in [0.15, 0.2) is 36.5 Å². The summed E-state index contributed by atoms with van der Waals surface area (Å²) in [6, 6.07) is 10.7. The van der Waals surface area contributed by atoms with Gasteiger partial charge in [0.05, 0.1) is 11.6 Å². The Morgan fingerprint density at radius 2 is 2.04 bits per heavy atom. The molecular formula is C18H24N4OS. The van der Waals surface area contributed by atoms with Crippen LogP contribution in [0.1, 0.15) is 28.3 Å². The summed E-state index contributed by atoms with van der Waals surface area (Å²) in [5, 5.41) is 7.03. The van der Waals surface area contributed by atoms with Gasteiger partial charge in [-0.15, -0.1) is 11.3 Å². The molecular weight excluding hydrogens is 320 g/mol. The maximum Gasteiger partial charge on any atom is 0.315 e. The number of aryl methyl sites for hydroxylation is 1. The van der Waals surface area contributed by atoms with Crippen molar-refractivity contribution in [2.75, 3.05) is 13.1 Å². The third-order valence-electron chi connectivity index (χ3n) is 4.26. The number of aromatic nitrogens is 1. The van der Waals surface area contributed by atoms with Gasteiger partial charge in [-0.25, -0.2) is 9.78 Å².